The molecule has 0 saturated carbocycles. The fourth-order valence-electron chi connectivity index (χ4n) is 4.72. The molecule has 0 aromatic heterocycles. The minimum Gasteiger partial charge on any atom is -0.492 e. The second kappa shape index (κ2) is 33.2. The zero-order valence-electron chi connectivity index (χ0n) is 28.4. The Morgan fingerprint density at radius 3 is 1.75 bits per heavy atom. The SMILES string of the molecule is CCCCC=CCCCCCCCC(=O)OC[C@H](COP(=O)(O)OCCN)OC=CCCCCCCCCCCCCCC. The van der Waals surface area contributed by atoms with Crippen molar-refractivity contribution in [1.82, 2.24) is 0 Å². The molecule has 0 aliphatic rings. The minimum absolute atomic E-state index is 0.0664. The van der Waals surface area contributed by atoms with E-state index < -0.39 is 13.9 Å². The van der Waals surface area contributed by atoms with E-state index in [9.17, 15) is 14.3 Å². The maximum atomic E-state index is 12.3. The van der Waals surface area contributed by atoms with Gasteiger partial charge in [0.25, 0.3) is 0 Å². The van der Waals surface area contributed by atoms with Crippen molar-refractivity contribution >= 4 is 13.8 Å². The number of rotatable bonds is 34. The Kier molecular flexibility index (Phi) is 32.3. The van der Waals surface area contributed by atoms with Crippen molar-refractivity contribution in [3.05, 3.63) is 24.5 Å². The summed E-state index contributed by atoms with van der Waals surface area (Å²) in [6.07, 6.45) is 34.3. The van der Waals surface area contributed by atoms with Crippen molar-refractivity contribution in [2.75, 3.05) is 26.4 Å². The number of hydrogen-bond acceptors (Lipinski definition) is 7. The van der Waals surface area contributed by atoms with Crippen LogP contribution >= 0.6 is 7.82 Å². The Hall–Kier alpha value is -1.18. The van der Waals surface area contributed by atoms with Crippen LogP contribution in [0, 0.1) is 0 Å². The third-order valence-corrected chi connectivity index (χ3v) is 8.44. The highest BCUT2D eigenvalue weighted by molar-refractivity contribution is 7.47. The lowest BCUT2D eigenvalue weighted by Gasteiger charge is -2.19. The normalized spacial score (nSPS) is 13.9. The van der Waals surface area contributed by atoms with Gasteiger partial charge in [0.05, 0.1) is 19.5 Å². The summed E-state index contributed by atoms with van der Waals surface area (Å²) >= 11 is 0. The zero-order valence-corrected chi connectivity index (χ0v) is 29.3. The van der Waals surface area contributed by atoms with Crippen molar-refractivity contribution in [1.29, 1.82) is 0 Å². The summed E-state index contributed by atoms with van der Waals surface area (Å²) in [6, 6.07) is 0. The fraction of sp³-hybridized carbons (Fsp3) is 0.857. The standard InChI is InChI=1S/C35H68NO7P/c1-3-5-7-9-11-13-15-16-17-19-21-23-25-27-30-40-34(33-43-44(38,39)42-31-29-36)32-41-35(37)28-26-24-22-20-18-14-12-10-8-6-4-2/h10,12,27,30,34H,3-9,11,13-26,28-29,31-33,36H2,1-2H3,(H,38,39)/t34-/m1/s1. The van der Waals surface area contributed by atoms with Crippen molar-refractivity contribution in [2.45, 2.75) is 168 Å². The first-order valence-corrected chi connectivity index (χ1v) is 19.4. The summed E-state index contributed by atoms with van der Waals surface area (Å²) in [7, 11) is -4.26. The molecule has 0 heterocycles. The predicted molar refractivity (Wildman–Crippen MR) is 182 cm³/mol. The summed E-state index contributed by atoms with van der Waals surface area (Å²) in [6.45, 7) is 4.16. The molecule has 260 valence electrons. The van der Waals surface area contributed by atoms with E-state index in [1.165, 1.54) is 103 Å². The predicted octanol–water partition coefficient (Wildman–Crippen LogP) is 10.1. The zero-order chi connectivity index (χ0) is 32.4. The number of hydrogen-bond donors (Lipinski definition) is 2. The molecule has 3 N–H and O–H groups in total. The molecular formula is C35H68NO7P. The van der Waals surface area contributed by atoms with E-state index in [-0.39, 0.29) is 32.3 Å². The highest BCUT2D eigenvalue weighted by Gasteiger charge is 2.24. The number of unbranched alkanes of at least 4 members (excludes halogenated alkanes) is 19. The summed E-state index contributed by atoms with van der Waals surface area (Å²) in [5, 5.41) is 0. The molecule has 9 heteroatoms. The van der Waals surface area contributed by atoms with Gasteiger partial charge in [-0.2, -0.15) is 0 Å². The van der Waals surface area contributed by atoms with Crippen LogP contribution in [0.3, 0.4) is 0 Å². The molecule has 0 saturated heterocycles. The number of carbonyl (C=O) groups excluding carboxylic acids is 1. The molecule has 0 aliphatic carbocycles. The van der Waals surface area contributed by atoms with Crippen LogP contribution in [0.2, 0.25) is 0 Å². The topological polar surface area (TPSA) is 117 Å². The van der Waals surface area contributed by atoms with Crippen LogP contribution in [0.4, 0.5) is 0 Å². The smallest absolute Gasteiger partial charge is 0.472 e. The van der Waals surface area contributed by atoms with Gasteiger partial charge < -0.3 is 20.1 Å². The average molecular weight is 646 g/mol. The lowest BCUT2D eigenvalue weighted by atomic mass is 10.0. The van der Waals surface area contributed by atoms with Crippen molar-refractivity contribution in [3.8, 4) is 0 Å². The molecule has 0 amide bonds. The van der Waals surface area contributed by atoms with Gasteiger partial charge in [-0.05, 0) is 44.6 Å². The van der Waals surface area contributed by atoms with E-state index in [1.54, 1.807) is 6.26 Å². The molecule has 0 aromatic rings. The summed E-state index contributed by atoms with van der Waals surface area (Å²) in [5.74, 6) is -0.301. The lowest BCUT2D eigenvalue weighted by molar-refractivity contribution is -0.147. The number of carbonyl (C=O) groups is 1. The summed E-state index contributed by atoms with van der Waals surface area (Å²) < 4.78 is 33.0. The van der Waals surface area contributed by atoms with E-state index in [1.807, 2.05) is 6.08 Å². The molecule has 2 atom stereocenters. The minimum atomic E-state index is -4.26. The maximum absolute atomic E-state index is 12.3. The van der Waals surface area contributed by atoms with Gasteiger partial charge in [-0.15, -0.1) is 0 Å². The van der Waals surface area contributed by atoms with E-state index in [4.69, 9.17) is 24.3 Å². The number of phosphoric ester groups is 1. The Morgan fingerprint density at radius 1 is 0.682 bits per heavy atom. The molecule has 0 bridgehead atoms. The number of allylic oxidation sites excluding steroid dienone is 3. The first-order chi connectivity index (χ1) is 21.4. The number of ether oxygens (including phenoxy) is 2. The summed E-state index contributed by atoms with van der Waals surface area (Å²) in [5.41, 5.74) is 5.34. The summed E-state index contributed by atoms with van der Waals surface area (Å²) in [4.78, 5) is 22.1. The second-order valence-corrected chi connectivity index (χ2v) is 13.3. The van der Waals surface area contributed by atoms with Gasteiger partial charge in [0, 0.05) is 13.0 Å². The van der Waals surface area contributed by atoms with Gasteiger partial charge in [0.2, 0.25) is 0 Å². The molecule has 0 aliphatic heterocycles. The Bertz CT molecular complexity index is 732. The highest BCUT2D eigenvalue weighted by atomic mass is 31.2. The fourth-order valence-corrected chi connectivity index (χ4v) is 5.49. The molecule has 44 heavy (non-hydrogen) atoms. The second-order valence-electron chi connectivity index (χ2n) is 11.8. The molecule has 0 radical (unpaired) electrons. The molecule has 0 rings (SSSR count). The molecule has 0 aromatic carbocycles. The van der Waals surface area contributed by atoms with Gasteiger partial charge in [0.1, 0.15) is 6.61 Å². The highest BCUT2D eigenvalue weighted by Crippen LogP contribution is 2.43. The van der Waals surface area contributed by atoms with Crippen LogP contribution < -0.4 is 5.73 Å². The van der Waals surface area contributed by atoms with Crippen LogP contribution in [0.15, 0.2) is 24.5 Å². The van der Waals surface area contributed by atoms with Crippen LogP contribution in [0.25, 0.3) is 0 Å². The number of esters is 1. The molecule has 0 spiro atoms. The number of phosphoric acid groups is 1. The van der Waals surface area contributed by atoms with Gasteiger partial charge >= 0.3 is 13.8 Å². The van der Waals surface area contributed by atoms with Crippen LogP contribution in [0.5, 0.6) is 0 Å². The largest absolute Gasteiger partial charge is 0.492 e. The van der Waals surface area contributed by atoms with E-state index >= 15 is 0 Å². The quantitative estimate of drug-likeness (QED) is 0.0233. The third-order valence-electron chi connectivity index (χ3n) is 7.46. The van der Waals surface area contributed by atoms with Crippen molar-refractivity contribution in [3.63, 3.8) is 0 Å². The first-order valence-electron chi connectivity index (χ1n) is 17.9. The molecule has 0 fully saturated rings. The van der Waals surface area contributed by atoms with E-state index in [2.05, 4.69) is 26.0 Å². The van der Waals surface area contributed by atoms with Crippen LogP contribution in [-0.2, 0) is 27.9 Å². The van der Waals surface area contributed by atoms with Crippen molar-refractivity contribution < 1.29 is 32.8 Å². The van der Waals surface area contributed by atoms with Crippen LogP contribution in [0.1, 0.15) is 162 Å². The maximum Gasteiger partial charge on any atom is 0.472 e. The first kappa shape index (κ1) is 42.8. The lowest BCUT2D eigenvalue weighted by Crippen LogP contribution is -2.25. The molecular weight excluding hydrogens is 577 g/mol. The van der Waals surface area contributed by atoms with E-state index in [0.717, 1.165) is 38.5 Å². The Balaban J connectivity index is 4.18. The molecule has 1 unspecified atom stereocenters. The third kappa shape index (κ3) is 32.2. The number of nitrogens with two attached hydrogens (primary N) is 1. The van der Waals surface area contributed by atoms with Gasteiger partial charge in [-0.25, -0.2) is 4.57 Å². The van der Waals surface area contributed by atoms with Crippen molar-refractivity contribution in [2.24, 2.45) is 5.73 Å². The van der Waals surface area contributed by atoms with Gasteiger partial charge in [-0.1, -0.05) is 129 Å². The van der Waals surface area contributed by atoms with E-state index in [0.29, 0.717) is 6.42 Å². The Morgan fingerprint density at radius 2 is 1.18 bits per heavy atom. The average Bonchev–Trinajstić information content (AvgIpc) is 3.01. The monoisotopic (exact) mass is 645 g/mol. The Labute approximate surface area is 270 Å². The van der Waals surface area contributed by atoms with Crippen LogP contribution in [-0.4, -0.2) is 43.3 Å². The van der Waals surface area contributed by atoms with Gasteiger partial charge in [-0.3, -0.25) is 13.8 Å². The van der Waals surface area contributed by atoms with Gasteiger partial charge in [0.15, 0.2) is 6.10 Å². The molecule has 8 nitrogen and oxygen atoms in total.